The molecular weight excluding hydrogens is 322 g/mol. The lowest BCUT2D eigenvalue weighted by Gasteiger charge is -2.29. The third-order valence-electron chi connectivity index (χ3n) is 4.43. The number of nitrogens with one attached hydrogen (secondary N) is 1. The summed E-state index contributed by atoms with van der Waals surface area (Å²) < 4.78 is 6.53. The summed E-state index contributed by atoms with van der Waals surface area (Å²) in [6.07, 6.45) is 8.74. The van der Waals surface area contributed by atoms with Gasteiger partial charge < -0.3 is 10.1 Å². The molecule has 1 aliphatic carbocycles. The number of carbonyl (C=O) groups is 2. The highest BCUT2D eigenvalue weighted by atomic mass is 16.5. The molecule has 0 bridgehead atoms. The highest BCUT2D eigenvalue weighted by Gasteiger charge is 2.23. The van der Waals surface area contributed by atoms with Crippen molar-refractivity contribution in [2.24, 2.45) is 5.92 Å². The summed E-state index contributed by atoms with van der Waals surface area (Å²) in [5, 5.41) is 6.92. The third-order valence-corrected chi connectivity index (χ3v) is 4.43. The Kier molecular flexibility index (Phi) is 5.37. The molecular formula is C17H21N5O3. The number of rotatable bonds is 5. The van der Waals surface area contributed by atoms with Crippen molar-refractivity contribution in [3.05, 3.63) is 36.5 Å². The molecule has 25 heavy (non-hydrogen) atoms. The van der Waals surface area contributed by atoms with E-state index in [2.05, 4.69) is 27.3 Å². The van der Waals surface area contributed by atoms with Gasteiger partial charge in [0.15, 0.2) is 12.4 Å². The highest BCUT2D eigenvalue weighted by molar-refractivity contribution is 5.94. The van der Waals surface area contributed by atoms with Gasteiger partial charge in [0.1, 0.15) is 18.2 Å². The summed E-state index contributed by atoms with van der Waals surface area (Å²) >= 11 is 0. The fourth-order valence-corrected chi connectivity index (χ4v) is 3.04. The molecule has 0 unspecified atom stereocenters. The normalized spacial score (nSPS) is 20.0. The number of esters is 1. The van der Waals surface area contributed by atoms with Crippen LogP contribution >= 0.6 is 0 Å². The number of hydrogen-bond donors (Lipinski definition) is 1. The molecule has 1 fully saturated rings. The van der Waals surface area contributed by atoms with Gasteiger partial charge >= 0.3 is 5.97 Å². The van der Waals surface area contributed by atoms with E-state index in [0.29, 0.717) is 11.7 Å². The summed E-state index contributed by atoms with van der Waals surface area (Å²) in [6, 6.07) is 3.36. The fraction of sp³-hybridized carbons (Fsp3) is 0.471. The van der Waals surface area contributed by atoms with Crippen molar-refractivity contribution in [3.63, 3.8) is 0 Å². The topological polar surface area (TPSA) is 99.0 Å². The minimum absolute atomic E-state index is 0.157. The van der Waals surface area contributed by atoms with Crippen LogP contribution in [0.25, 0.3) is 5.82 Å². The summed E-state index contributed by atoms with van der Waals surface area (Å²) in [4.78, 5) is 32.4. The summed E-state index contributed by atoms with van der Waals surface area (Å²) in [6.45, 7) is 1.82. The van der Waals surface area contributed by atoms with Crippen molar-refractivity contribution in [2.75, 3.05) is 6.61 Å². The van der Waals surface area contributed by atoms with E-state index in [1.165, 1.54) is 23.8 Å². The van der Waals surface area contributed by atoms with Gasteiger partial charge in [-0.2, -0.15) is 5.10 Å². The lowest BCUT2D eigenvalue weighted by molar-refractivity contribution is -0.125. The summed E-state index contributed by atoms with van der Waals surface area (Å²) in [5.74, 6) is -0.138. The number of amides is 1. The molecule has 0 aliphatic heterocycles. The molecule has 2 atom stereocenters. The van der Waals surface area contributed by atoms with E-state index in [1.54, 1.807) is 18.3 Å². The van der Waals surface area contributed by atoms with Crippen LogP contribution in [0.3, 0.4) is 0 Å². The number of pyridine rings is 1. The van der Waals surface area contributed by atoms with Gasteiger partial charge in [-0.3, -0.25) is 4.79 Å². The number of ether oxygens (including phenoxy) is 1. The van der Waals surface area contributed by atoms with E-state index in [4.69, 9.17) is 4.74 Å². The van der Waals surface area contributed by atoms with Crippen LogP contribution in [0.2, 0.25) is 0 Å². The van der Waals surface area contributed by atoms with Crippen LogP contribution in [0.4, 0.5) is 0 Å². The van der Waals surface area contributed by atoms with Gasteiger partial charge in [0.05, 0.1) is 0 Å². The minimum atomic E-state index is -0.620. The van der Waals surface area contributed by atoms with Crippen molar-refractivity contribution in [3.8, 4) is 5.82 Å². The van der Waals surface area contributed by atoms with Crippen molar-refractivity contribution < 1.29 is 14.3 Å². The van der Waals surface area contributed by atoms with Crippen molar-refractivity contribution in [1.82, 2.24) is 25.1 Å². The number of hydrogen-bond acceptors (Lipinski definition) is 6. The Balaban J connectivity index is 1.59. The van der Waals surface area contributed by atoms with Gasteiger partial charge in [-0.25, -0.2) is 19.4 Å². The number of nitrogens with zero attached hydrogens (tertiary/aromatic N) is 4. The van der Waals surface area contributed by atoms with Crippen molar-refractivity contribution in [2.45, 2.75) is 38.6 Å². The predicted octanol–water partition coefficient (Wildman–Crippen LogP) is 1.51. The SMILES string of the molecule is C[C@@H]1CCCC[C@H]1NC(=O)COC(=O)c1cccnc1-n1cncn1. The monoisotopic (exact) mass is 343 g/mol. The van der Waals surface area contributed by atoms with Gasteiger partial charge in [0.2, 0.25) is 0 Å². The lowest BCUT2D eigenvalue weighted by Crippen LogP contribution is -2.42. The molecule has 1 saturated carbocycles. The minimum Gasteiger partial charge on any atom is -0.452 e. The van der Waals surface area contributed by atoms with Gasteiger partial charge in [0, 0.05) is 12.2 Å². The Morgan fingerprint density at radius 2 is 2.20 bits per heavy atom. The molecule has 1 amide bonds. The first kappa shape index (κ1) is 17.1. The molecule has 0 saturated heterocycles. The average Bonchev–Trinajstić information content (AvgIpc) is 3.16. The summed E-state index contributed by atoms with van der Waals surface area (Å²) in [7, 11) is 0. The first-order valence-corrected chi connectivity index (χ1v) is 8.41. The molecule has 8 nitrogen and oxygen atoms in total. The second kappa shape index (κ2) is 7.87. The maximum Gasteiger partial charge on any atom is 0.342 e. The van der Waals surface area contributed by atoms with E-state index < -0.39 is 5.97 Å². The molecule has 0 radical (unpaired) electrons. The van der Waals surface area contributed by atoms with Crippen LogP contribution in [-0.4, -0.2) is 44.3 Å². The second-order valence-electron chi connectivity index (χ2n) is 6.23. The Hall–Kier alpha value is -2.77. The van der Waals surface area contributed by atoms with Crippen LogP contribution in [0, 0.1) is 5.92 Å². The number of aromatic nitrogens is 4. The van der Waals surface area contributed by atoms with Crippen LogP contribution < -0.4 is 5.32 Å². The molecule has 2 heterocycles. The summed E-state index contributed by atoms with van der Waals surface area (Å²) in [5.41, 5.74) is 0.229. The predicted molar refractivity (Wildman–Crippen MR) is 89.0 cm³/mol. The van der Waals surface area contributed by atoms with E-state index in [0.717, 1.165) is 19.3 Å². The van der Waals surface area contributed by atoms with E-state index in [1.807, 2.05) is 0 Å². The van der Waals surface area contributed by atoms with E-state index in [9.17, 15) is 9.59 Å². The molecule has 0 spiro atoms. The third kappa shape index (κ3) is 4.20. The Morgan fingerprint density at radius 1 is 1.36 bits per heavy atom. The van der Waals surface area contributed by atoms with Crippen LogP contribution in [0.1, 0.15) is 43.0 Å². The molecule has 1 aliphatic rings. The quantitative estimate of drug-likeness (QED) is 0.826. The zero-order valence-corrected chi connectivity index (χ0v) is 14.1. The maximum absolute atomic E-state index is 12.3. The van der Waals surface area contributed by atoms with Crippen LogP contribution in [0.5, 0.6) is 0 Å². The first-order valence-electron chi connectivity index (χ1n) is 8.41. The smallest absolute Gasteiger partial charge is 0.342 e. The molecule has 3 rings (SSSR count). The molecule has 132 valence electrons. The van der Waals surface area contributed by atoms with Gasteiger partial charge in [-0.05, 0) is 30.9 Å². The molecule has 0 aromatic carbocycles. The van der Waals surface area contributed by atoms with Gasteiger partial charge in [-0.15, -0.1) is 0 Å². The second-order valence-corrected chi connectivity index (χ2v) is 6.23. The Bertz CT molecular complexity index is 732. The number of carbonyl (C=O) groups excluding carboxylic acids is 2. The zero-order chi connectivity index (χ0) is 17.6. The van der Waals surface area contributed by atoms with Crippen molar-refractivity contribution >= 4 is 11.9 Å². The lowest BCUT2D eigenvalue weighted by atomic mass is 9.86. The first-order chi connectivity index (χ1) is 12.1. The standard InChI is InChI=1S/C17H21N5O3/c1-12-5-2-3-7-14(12)21-15(23)9-25-17(24)13-6-4-8-19-16(13)22-11-18-10-20-22/h4,6,8,10-12,14H,2-3,5,7,9H2,1H3,(H,21,23)/t12-,14-/m1/s1. The van der Waals surface area contributed by atoms with Crippen molar-refractivity contribution in [1.29, 1.82) is 0 Å². The molecule has 2 aromatic rings. The zero-order valence-electron chi connectivity index (χ0n) is 14.1. The van der Waals surface area contributed by atoms with Gasteiger partial charge in [-0.1, -0.05) is 19.8 Å². The highest BCUT2D eigenvalue weighted by Crippen LogP contribution is 2.23. The Morgan fingerprint density at radius 3 is 2.96 bits per heavy atom. The largest absolute Gasteiger partial charge is 0.452 e. The molecule has 8 heteroatoms. The molecule has 2 aromatic heterocycles. The van der Waals surface area contributed by atoms with Crippen LogP contribution in [-0.2, 0) is 9.53 Å². The van der Waals surface area contributed by atoms with E-state index >= 15 is 0 Å². The van der Waals surface area contributed by atoms with Gasteiger partial charge in [0.25, 0.3) is 5.91 Å². The average molecular weight is 343 g/mol. The van der Waals surface area contributed by atoms with Crippen LogP contribution in [0.15, 0.2) is 31.0 Å². The van der Waals surface area contributed by atoms with E-state index in [-0.39, 0.29) is 24.1 Å². The molecule has 1 N–H and O–H groups in total. The Labute approximate surface area is 145 Å². The fourth-order valence-electron chi connectivity index (χ4n) is 3.04. The maximum atomic E-state index is 12.3.